The van der Waals surface area contributed by atoms with Crippen LogP contribution in [0.5, 0.6) is 0 Å². The summed E-state index contributed by atoms with van der Waals surface area (Å²) in [7, 11) is 0. The first kappa shape index (κ1) is 23.7. The molecule has 0 spiro atoms. The quantitative estimate of drug-likeness (QED) is 0.441. The Hall–Kier alpha value is -2.45. The topological polar surface area (TPSA) is 64.4 Å². The largest absolute Gasteiger partial charge is 0.466 e. The van der Waals surface area contributed by atoms with Gasteiger partial charge in [0.15, 0.2) is 5.78 Å². The standard InChI is InChI=1S/C25H30FN3O3S/c1-2-32-23(30)11-14-29-13-9-19(27-29)15-18-16-28(12-10-22(18)33)24(25(31)17-7-8-17)20-5-3-4-6-21(20)26/h3-6,9,13,15,17,22,24,33H,2,7-8,10-12,14,16H2,1H3/b18-15-/t22-,24-/m1/s1. The lowest BCUT2D eigenvalue weighted by atomic mass is 9.93. The summed E-state index contributed by atoms with van der Waals surface area (Å²) < 4.78 is 21.4. The Labute approximate surface area is 199 Å². The summed E-state index contributed by atoms with van der Waals surface area (Å²) in [5.74, 6) is -0.438. The van der Waals surface area contributed by atoms with Crippen molar-refractivity contribution < 1.29 is 18.7 Å². The number of Topliss-reactive ketones (excluding diaryl/α,β-unsaturated/α-hetero) is 1. The van der Waals surface area contributed by atoms with Gasteiger partial charge in [-0.1, -0.05) is 18.2 Å². The molecule has 1 aliphatic carbocycles. The third-order valence-corrected chi connectivity index (χ3v) is 6.75. The maximum absolute atomic E-state index is 14.7. The molecule has 0 radical (unpaired) electrons. The molecule has 2 aliphatic rings. The highest BCUT2D eigenvalue weighted by molar-refractivity contribution is 7.81. The van der Waals surface area contributed by atoms with Crippen molar-refractivity contribution in [3.8, 4) is 0 Å². The minimum atomic E-state index is -0.579. The number of aromatic nitrogens is 2. The number of piperidine rings is 1. The van der Waals surface area contributed by atoms with Crippen molar-refractivity contribution in [2.24, 2.45) is 5.92 Å². The average Bonchev–Trinajstić information content (AvgIpc) is 3.56. The van der Waals surface area contributed by atoms with Crippen molar-refractivity contribution in [2.45, 2.75) is 50.4 Å². The molecule has 1 saturated carbocycles. The van der Waals surface area contributed by atoms with Gasteiger partial charge in [-0.2, -0.15) is 17.7 Å². The lowest BCUT2D eigenvalue weighted by Crippen LogP contribution is -2.42. The minimum Gasteiger partial charge on any atom is -0.466 e. The summed E-state index contributed by atoms with van der Waals surface area (Å²) in [6.45, 7) is 3.81. The molecule has 2 heterocycles. The van der Waals surface area contributed by atoms with Gasteiger partial charge in [0.05, 0.1) is 31.3 Å². The Bertz CT molecular complexity index is 1030. The molecule has 2 atom stereocenters. The fraction of sp³-hybridized carbons (Fsp3) is 0.480. The summed E-state index contributed by atoms with van der Waals surface area (Å²) in [6, 6.07) is 7.90. The highest BCUT2D eigenvalue weighted by atomic mass is 32.1. The molecular formula is C25H30FN3O3S. The van der Waals surface area contributed by atoms with Crippen LogP contribution in [0.3, 0.4) is 0 Å². The van der Waals surface area contributed by atoms with E-state index < -0.39 is 6.04 Å². The number of hydrogen-bond acceptors (Lipinski definition) is 6. The third kappa shape index (κ3) is 5.92. The number of nitrogens with zero attached hydrogens (tertiary/aromatic N) is 3. The summed E-state index contributed by atoms with van der Waals surface area (Å²) in [5.41, 5.74) is 2.27. The van der Waals surface area contributed by atoms with Gasteiger partial charge in [0, 0.05) is 36.0 Å². The molecule has 1 aliphatic heterocycles. The van der Waals surface area contributed by atoms with Gasteiger partial charge in [-0.3, -0.25) is 19.2 Å². The van der Waals surface area contributed by atoms with E-state index in [1.807, 2.05) is 18.3 Å². The second kappa shape index (κ2) is 10.7. The summed E-state index contributed by atoms with van der Waals surface area (Å²) in [4.78, 5) is 26.8. The van der Waals surface area contributed by atoms with Gasteiger partial charge in [-0.05, 0) is 50.0 Å². The van der Waals surface area contributed by atoms with Gasteiger partial charge in [-0.15, -0.1) is 0 Å². The Morgan fingerprint density at radius 2 is 2.06 bits per heavy atom. The molecule has 2 aromatic rings. The van der Waals surface area contributed by atoms with E-state index >= 15 is 0 Å². The number of hydrogen-bond donors (Lipinski definition) is 1. The number of esters is 1. The number of rotatable bonds is 9. The van der Waals surface area contributed by atoms with E-state index in [4.69, 9.17) is 17.4 Å². The molecule has 0 bridgehead atoms. The maximum Gasteiger partial charge on any atom is 0.307 e. The van der Waals surface area contributed by atoms with Crippen LogP contribution in [0.15, 0.2) is 42.1 Å². The van der Waals surface area contributed by atoms with E-state index in [0.29, 0.717) is 31.8 Å². The van der Waals surface area contributed by atoms with Crippen molar-refractivity contribution in [2.75, 3.05) is 19.7 Å². The minimum absolute atomic E-state index is 0.0332. The highest BCUT2D eigenvalue weighted by Gasteiger charge is 2.40. The fourth-order valence-electron chi connectivity index (χ4n) is 4.28. The van der Waals surface area contributed by atoms with Crippen LogP contribution in [0.4, 0.5) is 4.39 Å². The predicted octanol–water partition coefficient (Wildman–Crippen LogP) is 4.08. The van der Waals surface area contributed by atoms with Crippen LogP contribution in [-0.2, 0) is 20.9 Å². The molecule has 0 unspecified atom stereocenters. The number of carbonyl (C=O) groups excluding carboxylic acids is 2. The first-order chi connectivity index (χ1) is 16.0. The Morgan fingerprint density at radius 1 is 1.27 bits per heavy atom. The van der Waals surface area contributed by atoms with Crippen LogP contribution in [-0.4, -0.2) is 51.4 Å². The zero-order chi connectivity index (χ0) is 23.4. The highest BCUT2D eigenvalue weighted by Crippen LogP contribution is 2.39. The zero-order valence-electron chi connectivity index (χ0n) is 18.8. The van der Waals surface area contributed by atoms with Crippen molar-refractivity contribution in [3.63, 3.8) is 0 Å². The summed E-state index contributed by atoms with van der Waals surface area (Å²) in [5, 5.41) is 4.58. The molecule has 8 heteroatoms. The third-order valence-electron chi connectivity index (χ3n) is 6.16. The maximum atomic E-state index is 14.7. The first-order valence-electron chi connectivity index (χ1n) is 11.6. The molecule has 1 saturated heterocycles. The number of carbonyl (C=O) groups is 2. The van der Waals surface area contributed by atoms with Gasteiger partial charge >= 0.3 is 5.97 Å². The Morgan fingerprint density at radius 3 is 2.79 bits per heavy atom. The van der Waals surface area contributed by atoms with Gasteiger partial charge in [0.25, 0.3) is 0 Å². The van der Waals surface area contributed by atoms with Crippen LogP contribution in [0.25, 0.3) is 6.08 Å². The van der Waals surface area contributed by atoms with Crippen LogP contribution in [0.1, 0.15) is 49.9 Å². The zero-order valence-corrected chi connectivity index (χ0v) is 19.7. The SMILES string of the molecule is CCOC(=O)CCn1ccc(/C=C2/CN([C@@H](C(=O)C3CC3)c3ccccc3F)CC[C@H]2S)n1. The van der Waals surface area contributed by atoms with Crippen LogP contribution in [0, 0.1) is 11.7 Å². The number of likely N-dealkylation sites (tertiary alicyclic amines) is 1. The number of benzene rings is 1. The number of halogens is 1. The molecule has 176 valence electrons. The predicted molar refractivity (Wildman–Crippen MR) is 127 cm³/mol. The average molecular weight is 472 g/mol. The molecular weight excluding hydrogens is 441 g/mol. The summed E-state index contributed by atoms with van der Waals surface area (Å²) in [6.07, 6.45) is 6.63. The lowest BCUT2D eigenvalue weighted by molar-refractivity contribution is -0.143. The number of aryl methyl sites for hydroxylation is 1. The van der Waals surface area contributed by atoms with E-state index in [2.05, 4.69) is 10.00 Å². The lowest BCUT2D eigenvalue weighted by Gasteiger charge is -2.37. The molecule has 2 fully saturated rings. The van der Waals surface area contributed by atoms with Gasteiger partial charge < -0.3 is 4.74 Å². The van der Waals surface area contributed by atoms with Crippen molar-refractivity contribution in [1.82, 2.24) is 14.7 Å². The number of thiol groups is 1. The van der Waals surface area contributed by atoms with E-state index in [1.165, 1.54) is 6.07 Å². The second-order valence-electron chi connectivity index (χ2n) is 8.65. The van der Waals surface area contributed by atoms with Crippen molar-refractivity contribution in [3.05, 3.63) is 59.2 Å². The molecule has 0 amide bonds. The summed E-state index contributed by atoms with van der Waals surface area (Å²) >= 11 is 4.76. The van der Waals surface area contributed by atoms with Crippen LogP contribution in [0.2, 0.25) is 0 Å². The van der Waals surface area contributed by atoms with Gasteiger partial charge in [-0.25, -0.2) is 4.39 Å². The molecule has 33 heavy (non-hydrogen) atoms. The molecule has 1 aromatic carbocycles. The number of ether oxygens (including phenoxy) is 1. The fourth-order valence-corrected chi connectivity index (χ4v) is 4.55. The molecule has 1 aromatic heterocycles. The second-order valence-corrected chi connectivity index (χ2v) is 9.28. The Kier molecular flexibility index (Phi) is 7.65. The van der Waals surface area contributed by atoms with E-state index in [0.717, 1.165) is 30.5 Å². The van der Waals surface area contributed by atoms with E-state index in [-0.39, 0.29) is 35.2 Å². The monoisotopic (exact) mass is 471 g/mol. The Balaban J connectivity index is 1.51. The first-order valence-corrected chi connectivity index (χ1v) is 12.1. The van der Waals surface area contributed by atoms with E-state index in [1.54, 1.807) is 29.8 Å². The van der Waals surface area contributed by atoms with Crippen molar-refractivity contribution in [1.29, 1.82) is 0 Å². The smallest absolute Gasteiger partial charge is 0.307 e. The molecule has 6 nitrogen and oxygen atoms in total. The molecule has 0 N–H and O–H groups in total. The normalized spacial score (nSPS) is 21.2. The van der Waals surface area contributed by atoms with Gasteiger partial charge in [0.2, 0.25) is 0 Å². The van der Waals surface area contributed by atoms with Crippen LogP contribution >= 0.6 is 12.6 Å². The van der Waals surface area contributed by atoms with E-state index in [9.17, 15) is 14.0 Å². The van der Waals surface area contributed by atoms with Gasteiger partial charge in [0.1, 0.15) is 5.82 Å². The molecule has 4 rings (SSSR count). The van der Waals surface area contributed by atoms with Crippen LogP contribution < -0.4 is 0 Å². The van der Waals surface area contributed by atoms with Crippen molar-refractivity contribution >= 4 is 30.5 Å². The number of ketones is 1.